The van der Waals surface area contributed by atoms with E-state index in [1.807, 2.05) is 18.2 Å². The Kier molecular flexibility index (Phi) is 3.84. The van der Waals surface area contributed by atoms with Gasteiger partial charge in [-0.2, -0.15) is 0 Å². The number of rotatable bonds is 2. The van der Waals surface area contributed by atoms with Crippen LogP contribution in [-0.2, 0) is 6.42 Å². The Morgan fingerprint density at radius 2 is 2.10 bits per heavy atom. The third-order valence-corrected chi connectivity index (χ3v) is 4.18. The van der Waals surface area contributed by atoms with Crippen LogP contribution in [-0.4, -0.2) is 17.6 Å². The van der Waals surface area contributed by atoms with Gasteiger partial charge >= 0.3 is 0 Å². The lowest BCUT2D eigenvalue weighted by Crippen LogP contribution is -2.14. The molecule has 3 N–H and O–H groups in total. The van der Waals surface area contributed by atoms with Gasteiger partial charge in [0.15, 0.2) is 0 Å². The predicted octanol–water partition coefficient (Wildman–Crippen LogP) is 3.77. The van der Waals surface area contributed by atoms with Gasteiger partial charge in [-0.3, -0.25) is 4.79 Å². The third kappa shape index (κ3) is 3.03. The van der Waals surface area contributed by atoms with Gasteiger partial charge in [0.05, 0.1) is 4.47 Å². The molecule has 0 aromatic heterocycles. The van der Waals surface area contributed by atoms with Crippen molar-refractivity contribution in [2.45, 2.75) is 12.8 Å². The fourth-order valence-corrected chi connectivity index (χ4v) is 2.64. The zero-order valence-corrected chi connectivity index (χ0v) is 12.9. The molecular weight excluding hydrogens is 332 g/mol. The molecule has 0 bridgehead atoms. The largest absolute Gasteiger partial charge is 0.507 e. The molecule has 21 heavy (non-hydrogen) atoms. The van der Waals surface area contributed by atoms with E-state index in [9.17, 15) is 9.90 Å². The minimum Gasteiger partial charge on any atom is -0.507 e. The average molecular weight is 347 g/mol. The minimum absolute atomic E-state index is 0.0507. The molecule has 0 unspecified atom stereocenters. The molecule has 0 spiro atoms. The molecule has 4 nitrogen and oxygen atoms in total. The number of fused-ring (bicyclic) bond motifs is 1. The molecule has 0 radical (unpaired) electrons. The van der Waals surface area contributed by atoms with Gasteiger partial charge in [-0.15, -0.1) is 0 Å². The number of carbonyl (C=O) groups excluding carboxylic acids is 1. The molecule has 3 rings (SSSR count). The molecule has 0 atom stereocenters. The zero-order chi connectivity index (χ0) is 14.8. The van der Waals surface area contributed by atoms with Crippen LogP contribution in [0.25, 0.3) is 0 Å². The quantitative estimate of drug-likeness (QED) is 0.775. The second-order valence-electron chi connectivity index (χ2n) is 5.02. The number of benzene rings is 2. The van der Waals surface area contributed by atoms with Gasteiger partial charge in [0.25, 0.3) is 5.91 Å². The summed E-state index contributed by atoms with van der Waals surface area (Å²) in [5, 5.41) is 15.8. The van der Waals surface area contributed by atoms with Gasteiger partial charge in [-0.25, -0.2) is 0 Å². The maximum atomic E-state index is 12.2. The number of aromatic hydroxyl groups is 1. The molecule has 2 aromatic carbocycles. The molecule has 2 aromatic rings. The van der Waals surface area contributed by atoms with Crippen LogP contribution in [0.3, 0.4) is 0 Å². The summed E-state index contributed by atoms with van der Waals surface area (Å²) >= 11 is 3.20. The summed E-state index contributed by atoms with van der Waals surface area (Å²) in [5.74, 6) is -0.191. The highest BCUT2D eigenvalue weighted by atomic mass is 79.9. The van der Waals surface area contributed by atoms with Crippen molar-refractivity contribution < 1.29 is 9.90 Å². The molecule has 0 fully saturated rings. The Balaban J connectivity index is 1.79. The molecule has 1 heterocycles. The molecule has 0 aliphatic carbocycles. The fraction of sp³-hybridized carbons (Fsp3) is 0.188. The summed E-state index contributed by atoms with van der Waals surface area (Å²) in [7, 11) is 0. The average Bonchev–Trinajstić information content (AvgIpc) is 2.50. The summed E-state index contributed by atoms with van der Waals surface area (Å²) < 4.78 is 0.567. The molecule has 0 saturated carbocycles. The Hall–Kier alpha value is -2.01. The summed E-state index contributed by atoms with van der Waals surface area (Å²) in [6.07, 6.45) is 2.20. The Morgan fingerprint density at radius 3 is 2.90 bits per heavy atom. The van der Waals surface area contributed by atoms with E-state index in [4.69, 9.17) is 0 Å². The first-order valence-electron chi connectivity index (χ1n) is 6.80. The highest BCUT2D eigenvalue weighted by Crippen LogP contribution is 2.27. The van der Waals surface area contributed by atoms with Crippen molar-refractivity contribution >= 4 is 33.2 Å². The maximum absolute atomic E-state index is 12.2. The van der Waals surface area contributed by atoms with Crippen LogP contribution in [0.1, 0.15) is 22.3 Å². The number of aryl methyl sites for hydroxylation is 1. The molecule has 1 amide bonds. The van der Waals surface area contributed by atoms with Gasteiger partial charge < -0.3 is 15.7 Å². The van der Waals surface area contributed by atoms with Crippen molar-refractivity contribution in [2.24, 2.45) is 0 Å². The predicted molar refractivity (Wildman–Crippen MR) is 87.0 cm³/mol. The highest BCUT2D eigenvalue weighted by Gasteiger charge is 2.12. The van der Waals surface area contributed by atoms with E-state index < -0.39 is 0 Å². The monoisotopic (exact) mass is 346 g/mol. The van der Waals surface area contributed by atoms with E-state index in [-0.39, 0.29) is 11.7 Å². The van der Waals surface area contributed by atoms with Crippen LogP contribution in [0.5, 0.6) is 5.75 Å². The van der Waals surface area contributed by atoms with Crippen LogP contribution in [0.15, 0.2) is 40.9 Å². The SMILES string of the molecule is O=C(Nc1ccc2c(c1)NCCC2)c1ccc(Br)c(O)c1. The van der Waals surface area contributed by atoms with Gasteiger partial charge in [0.2, 0.25) is 0 Å². The Labute approximate surface area is 131 Å². The summed E-state index contributed by atoms with van der Waals surface area (Å²) in [4.78, 5) is 12.2. The number of hydrogen-bond acceptors (Lipinski definition) is 3. The standard InChI is InChI=1S/C16H15BrN2O2/c17-13-6-4-11(8-15(13)20)16(21)19-12-5-3-10-2-1-7-18-14(10)9-12/h3-6,8-9,18,20H,1-2,7H2,(H,19,21). The van der Waals surface area contributed by atoms with E-state index in [0.29, 0.717) is 10.0 Å². The number of hydrogen-bond donors (Lipinski definition) is 3. The topological polar surface area (TPSA) is 61.4 Å². The second kappa shape index (κ2) is 5.77. The molecule has 5 heteroatoms. The van der Waals surface area contributed by atoms with Crippen LogP contribution >= 0.6 is 15.9 Å². The number of phenols is 1. The highest BCUT2D eigenvalue weighted by molar-refractivity contribution is 9.10. The second-order valence-corrected chi connectivity index (χ2v) is 5.88. The lowest BCUT2D eigenvalue weighted by atomic mass is 10.0. The first kappa shape index (κ1) is 13.9. The number of phenolic OH excluding ortho intramolecular Hbond substituents is 1. The number of carbonyl (C=O) groups is 1. The minimum atomic E-state index is -0.242. The fourth-order valence-electron chi connectivity index (χ4n) is 2.40. The van der Waals surface area contributed by atoms with Crippen LogP contribution < -0.4 is 10.6 Å². The van der Waals surface area contributed by atoms with E-state index >= 15 is 0 Å². The van der Waals surface area contributed by atoms with Gasteiger partial charge in [0, 0.05) is 23.5 Å². The first-order valence-corrected chi connectivity index (χ1v) is 7.59. The normalized spacial score (nSPS) is 13.2. The Bertz CT molecular complexity index is 701. The van der Waals surface area contributed by atoms with Gasteiger partial charge in [0.1, 0.15) is 5.75 Å². The van der Waals surface area contributed by atoms with Gasteiger partial charge in [-0.1, -0.05) is 6.07 Å². The van der Waals surface area contributed by atoms with Crippen molar-refractivity contribution in [1.82, 2.24) is 0 Å². The third-order valence-electron chi connectivity index (χ3n) is 3.51. The van der Waals surface area contributed by atoms with Crippen LogP contribution in [0.2, 0.25) is 0 Å². The van der Waals surface area contributed by atoms with Crippen LogP contribution in [0, 0.1) is 0 Å². The van der Waals surface area contributed by atoms with Crippen molar-refractivity contribution in [3.05, 3.63) is 52.0 Å². The summed E-state index contributed by atoms with van der Waals surface area (Å²) in [6, 6.07) is 10.6. The lowest BCUT2D eigenvalue weighted by molar-refractivity contribution is 0.102. The van der Waals surface area contributed by atoms with Gasteiger partial charge in [-0.05, 0) is 64.7 Å². The smallest absolute Gasteiger partial charge is 0.255 e. The van der Waals surface area contributed by atoms with E-state index in [1.165, 1.54) is 11.6 Å². The molecular formula is C16H15BrN2O2. The van der Waals surface area contributed by atoms with Crippen LogP contribution in [0.4, 0.5) is 11.4 Å². The lowest BCUT2D eigenvalue weighted by Gasteiger charge is -2.18. The number of amides is 1. The van der Waals surface area contributed by atoms with Crippen molar-refractivity contribution in [3.8, 4) is 5.75 Å². The van der Waals surface area contributed by atoms with Crippen molar-refractivity contribution in [3.63, 3.8) is 0 Å². The molecule has 1 aliphatic heterocycles. The van der Waals surface area contributed by atoms with E-state index in [0.717, 1.165) is 30.8 Å². The molecule has 0 saturated heterocycles. The summed E-state index contributed by atoms with van der Waals surface area (Å²) in [6.45, 7) is 0.963. The first-order chi connectivity index (χ1) is 10.1. The Morgan fingerprint density at radius 1 is 1.24 bits per heavy atom. The number of halogens is 1. The molecule has 108 valence electrons. The van der Waals surface area contributed by atoms with E-state index in [1.54, 1.807) is 12.1 Å². The zero-order valence-electron chi connectivity index (χ0n) is 11.3. The maximum Gasteiger partial charge on any atom is 0.255 e. The number of anilines is 2. The summed E-state index contributed by atoms with van der Waals surface area (Å²) in [5.41, 5.74) is 3.52. The molecule has 1 aliphatic rings. The van der Waals surface area contributed by atoms with Crippen molar-refractivity contribution in [1.29, 1.82) is 0 Å². The van der Waals surface area contributed by atoms with Crippen molar-refractivity contribution in [2.75, 3.05) is 17.2 Å². The number of nitrogens with one attached hydrogen (secondary N) is 2. The van der Waals surface area contributed by atoms with E-state index in [2.05, 4.69) is 26.6 Å².